The van der Waals surface area contributed by atoms with Crippen molar-refractivity contribution < 1.29 is 9.59 Å². The summed E-state index contributed by atoms with van der Waals surface area (Å²) in [5.41, 5.74) is 3.26. The second-order valence-corrected chi connectivity index (χ2v) is 7.44. The lowest BCUT2D eigenvalue weighted by Gasteiger charge is -2.42. The number of thioether (sulfide) groups is 1. The van der Waals surface area contributed by atoms with Crippen molar-refractivity contribution in [2.75, 3.05) is 0 Å². The molecule has 0 saturated carbocycles. The van der Waals surface area contributed by atoms with Crippen LogP contribution >= 0.6 is 11.8 Å². The highest BCUT2D eigenvalue weighted by atomic mass is 32.2. The first kappa shape index (κ1) is 14.5. The fourth-order valence-electron chi connectivity index (χ4n) is 3.59. The lowest BCUT2D eigenvalue weighted by atomic mass is 9.96. The van der Waals surface area contributed by atoms with E-state index >= 15 is 0 Å². The minimum Gasteiger partial charge on any atom is -0.332 e. The van der Waals surface area contributed by atoms with Crippen LogP contribution in [-0.4, -0.2) is 27.8 Å². The Hall–Kier alpha value is -2.07. The van der Waals surface area contributed by atoms with E-state index in [1.807, 2.05) is 50.3 Å². The topological polar surface area (TPSA) is 37.4 Å². The first-order chi connectivity index (χ1) is 11.1. The summed E-state index contributed by atoms with van der Waals surface area (Å²) in [6, 6.07) is 9.46. The van der Waals surface area contributed by atoms with Gasteiger partial charge < -0.3 is 4.90 Å². The maximum atomic E-state index is 13.0. The van der Waals surface area contributed by atoms with Gasteiger partial charge in [0.1, 0.15) is 0 Å². The van der Waals surface area contributed by atoms with Crippen LogP contribution in [0.3, 0.4) is 0 Å². The molecule has 3 aliphatic rings. The zero-order valence-corrected chi connectivity index (χ0v) is 13.9. The summed E-state index contributed by atoms with van der Waals surface area (Å²) >= 11 is 1.55. The van der Waals surface area contributed by atoms with Gasteiger partial charge in [-0.1, -0.05) is 36.4 Å². The molecule has 0 aromatic heterocycles. The SMILES string of the molecule is CC1=C2C(=O)C(C)=C3C=CC[C@@H]([C@H](C(=O)c4ccccc4)S1)N32. The summed E-state index contributed by atoms with van der Waals surface area (Å²) in [6.07, 6.45) is 4.89. The van der Waals surface area contributed by atoms with Crippen molar-refractivity contribution in [2.45, 2.75) is 31.6 Å². The lowest BCUT2D eigenvalue weighted by molar-refractivity contribution is -0.112. The van der Waals surface area contributed by atoms with Crippen LogP contribution in [0, 0.1) is 0 Å². The van der Waals surface area contributed by atoms with Gasteiger partial charge >= 0.3 is 0 Å². The minimum atomic E-state index is -0.181. The van der Waals surface area contributed by atoms with E-state index in [0.29, 0.717) is 0 Å². The van der Waals surface area contributed by atoms with E-state index < -0.39 is 0 Å². The third kappa shape index (κ3) is 2.05. The molecule has 0 bridgehead atoms. The molecule has 0 radical (unpaired) electrons. The molecule has 1 aromatic carbocycles. The molecular formula is C19H17NO2S. The third-order valence-electron chi connectivity index (χ3n) is 4.73. The maximum absolute atomic E-state index is 13.0. The van der Waals surface area contributed by atoms with E-state index in [0.717, 1.165) is 33.9 Å². The van der Waals surface area contributed by atoms with Crippen molar-refractivity contribution in [1.29, 1.82) is 0 Å². The monoisotopic (exact) mass is 323 g/mol. The predicted octanol–water partition coefficient (Wildman–Crippen LogP) is 3.70. The summed E-state index contributed by atoms with van der Waals surface area (Å²) in [6.45, 7) is 3.83. The normalized spacial score (nSPS) is 26.0. The first-order valence-electron chi connectivity index (χ1n) is 7.77. The van der Waals surface area contributed by atoms with Crippen LogP contribution in [0.5, 0.6) is 0 Å². The van der Waals surface area contributed by atoms with E-state index in [9.17, 15) is 9.59 Å². The number of benzene rings is 1. The van der Waals surface area contributed by atoms with Crippen molar-refractivity contribution in [1.82, 2.24) is 4.90 Å². The first-order valence-corrected chi connectivity index (χ1v) is 8.65. The lowest BCUT2D eigenvalue weighted by Crippen LogP contribution is -2.47. The molecule has 0 aliphatic carbocycles. The second kappa shape index (κ2) is 5.24. The number of carbonyl (C=O) groups excluding carboxylic acids is 2. The average Bonchev–Trinajstić information content (AvgIpc) is 2.84. The van der Waals surface area contributed by atoms with Gasteiger partial charge in [0.25, 0.3) is 0 Å². The van der Waals surface area contributed by atoms with Gasteiger partial charge in [0.2, 0.25) is 5.78 Å². The van der Waals surface area contributed by atoms with Gasteiger partial charge in [-0.25, -0.2) is 0 Å². The highest BCUT2D eigenvalue weighted by Crippen LogP contribution is 2.47. The number of allylic oxidation sites excluding steroid dienone is 3. The summed E-state index contributed by atoms with van der Waals surface area (Å²) in [7, 11) is 0. The maximum Gasteiger partial charge on any atom is 0.207 e. The van der Waals surface area contributed by atoms with Crippen LogP contribution in [0.1, 0.15) is 30.6 Å². The van der Waals surface area contributed by atoms with Crippen LogP contribution in [0.2, 0.25) is 0 Å². The molecule has 2 atom stereocenters. The molecule has 0 N–H and O–H groups in total. The molecule has 23 heavy (non-hydrogen) atoms. The molecule has 0 saturated heterocycles. The summed E-state index contributed by atoms with van der Waals surface area (Å²) in [5.74, 6) is 0.248. The quantitative estimate of drug-likeness (QED) is 0.778. The van der Waals surface area contributed by atoms with Crippen LogP contribution in [0.15, 0.2) is 64.4 Å². The molecule has 4 heteroatoms. The van der Waals surface area contributed by atoms with E-state index in [1.165, 1.54) is 0 Å². The molecule has 1 aromatic rings. The van der Waals surface area contributed by atoms with Gasteiger partial charge in [-0.2, -0.15) is 0 Å². The Bertz CT molecular complexity index is 804. The molecule has 3 aliphatic heterocycles. The average molecular weight is 323 g/mol. The zero-order valence-electron chi connectivity index (χ0n) is 13.1. The minimum absolute atomic E-state index is 0.0211. The molecule has 3 heterocycles. The van der Waals surface area contributed by atoms with Gasteiger partial charge in [0.15, 0.2) is 5.78 Å². The van der Waals surface area contributed by atoms with E-state index in [1.54, 1.807) is 11.8 Å². The highest BCUT2D eigenvalue weighted by Gasteiger charge is 2.47. The molecule has 0 fully saturated rings. The fourth-order valence-corrected chi connectivity index (χ4v) is 4.90. The summed E-state index contributed by atoms with van der Waals surface area (Å²) < 4.78 is 0. The Morgan fingerprint density at radius 1 is 1.22 bits per heavy atom. The Morgan fingerprint density at radius 2 is 1.96 bits per heavy atom. The number of carbonyl (C=O) groups is 2. The summed E-state index contributed by atoms with van der Waals surface area (Å²) in [5, 5.41) is -0.181. The second-order valence-electron chi connectivity index (χ2n) is 6.09. The molecule has 0 spiro atoms. The van der Waals surface area contributed by atoms with Gasteiger partial charge in [-0.15, -0.1) is 11.8 Å². The van der Waals surface area contributed by atoms with E-state index in [2.05, 4.69) is 11.0 Å². The van der Waals surface area contributed by atoms with Crippen LogP contribution in [0.4, 0.5) is 0 Å². The molecular weight excluding hydrogens is 306 g/mol. The molecule has 4 rings (SSSR count). The van der Waals surface area contributed by atoms with Crippen molar-refractivity contribution >= 4 is 23.3 Å². The van der Waals surface area contributed by atoms with Gasteiger partial charge in [-0.05, 0) is 26.3 Å². The molecule has 116 valence electrons. The van der Waals surface area contributed by atoms with E-state index in [-0.39, 0.29) is 22.9 Å². The van der Waals surface area contributed by atoms with Crippen molar-refractivity contribution in [3.05, 3.63) is 69.9 Å². The third-order valence-corrected chi connectivity index (χ3v) is 6.06. The van der Waals surface area contributed by atoms with Crippen LogP contribution in [-0.2, 0) is 4.79 Å². The van der Waals surface area contributed by atoms with Gasteiger partial charge in [0, 0.05) is 21.7 Å². The Kier molecular flexibility index (Phi) is 3.31. The number of Topliss-reactive ketones (excluding diaryl/α,β-unsaturated/α-hetero) is 2. The molecule has 3 nitrogen and oxygen atoms in total. The molecule has 0 amide bonds. The number of hydrogen-bond donors (Lipinski definition) is 0. The van der Waals surface area contributed by atoms with E-state index in [4.69, 9.17) is 0 Å². The fraction of sp³-hybridized carbons (Fsp3) is 0.263. The smallest absolute Gasteiger partial charge is 0.207 e. The van der Waals surface area contributed by atoms with Gasteiger partial charge in [0.05, 0.1) is 17.0 Å². The number of nitrogens with zero attached hydrogens (tertiary/aromatic N) is 1. The van der Waals surface area contributed by atoms with Crippen LogP contribution in [0.25, 0.3) is 0 Å². The van der Waals surface area contributed by atoms with Gasteiger partial charge in [-0.3, -0.25) is 9.59 Å². The van der Waals surface area contributed by atoms with Crippen LogP contribution < -0.4 is 0 Å². The van der Waals surface area contributed by atoms with Crippen molar-refractivity contribution in [3.63, 3.8) is 0 Å². The largest absolute Gasteiger partial charge is 0.332 e. The zero-order chi connectivity index (χ0) is 16.1. The Morgan fingerprint density at radius 3 is 2.70 bits per heavy atom. The predicted molar refractivity (Wildman–Crippen MR) is 91.9 cm³/mol. The standard InChI is InChI=1S/C19H17NO2S/c1-11-14-9-6-10-15-19(18(22)13-7-4-3-5-8-13)23-12(2)16(17(11)21)20(14)15/h3-9,15,19H,10H2,1-2H3/t15-,19+/m0/s1. The Labute approximate surface area is 139 Å². The van der Waals surface area contributed by atoms with Crippen molar-refractivity contribution in [2.24, 2.45) is 0 Å². The molecule has 0 unspecified atom stereocenters. The van der Waals surface area contributed by atoms with Crippen molar-refractivity contribution in [3.8, 4) is 0 Å². The highest BCUT2D eigenvalue weighted by molar-refractivity contribution is 8.04. The summed E-state index contributed by atoms with van der Waals surface area (Å²) in [4.78, 5) is 28.6. The Balaban J connectivity index is 1.79. The number of rotatable bonds is 2. The number of ketones is 2. The number of hydrogen-bond acceptors (Lipinski definition) is 4.